The maximum absolute atomic E-state index is 13.7. The zero-order valence-electron chi connectivity index (χ0n) is 17.0. The Bertz CT molecular complexity index is 1250. The van der Waals surface area contributed by atoms with Crippen molar-refractivity contribution in [3.63, 3.8) is 0 Å². The van der Waals surface area contributed by atoms with Crippen LogP contribution in [0.3, 0.4) is 0 Å². The Kier molecular flexibility index (Phi) is 4.42. The van der Waals surface area contributed by atoms with Gasteiger partial charge in [-0.15, -0.1) is 0 Å². The van der Waals surface area contributed by atoms with Gasteiger partial charge in [0, 0.05) is 42.7 Å². The number of hydrogen-bond acceptors (Lipinski definition) is 2. The molecule has 4 aromatic rings. The molecule has 6 heteroatoms. The van der Waals surface area contributed by atoms with Gasteiger partial charge in [0.25, 0.3) is 0 Å². The van der Waals surface area contributed by atoms with E-state index in [-0.39, 0.29) is 23.7 Å². The van der Waals surface area contributed by atoms with Crippen molar-refractivity contribution in [2.45, 2.75) is 38.8 Å². The molecule has 2 aromatic carbocycles. The van der Waals surface area contributed by atoms with Gasteiger partial charge in [-0.25, -0.2) is 4.39 Å². The minimum absolute atomic E-state index is 0.00215. The van der Waals surface area contributed by atoms with Crippen molar-refractivity contribution in [2.75, 3.05) is 5.32 Å². The van der Waals surface area contributed by atoms with Gasteiger partial charge >= 0.3 is 0 Å². The van der Waals surface area contributed by atoms with E-state index in [9.17, 15) is 9.18 Å². The smallest absolute Gasteiger partial charge is 0.225 e. The molecule has 0 saturated carbocycles. The number of amides is 1. The molecule has 3 heterocycles. The summed E-state index contributed by atoms with van der Waals surface area (Å²) in [7, 11) is 0. The fourth-order valence-electron chi connectivity index (χ4n) is 4.33. The average molecular weight is 402 g/mol. The van der Waals surface area contributed by atoms with E-state index in [1.807, 2.05) is 41.3 Å². The molecular formula is C24H23FN4O. The third-order valence-corrected chi connectivity index (χ3v) is 5.77. The van der Waals surface area contributed by atoms with Crippen molar-refractivity contribution in [1.29, 1.82) is 0 Å². The number of rotatable bonds is 4. The topological polar surface area (TPSA) is 51.9 Å². The Morgan fingerprint density at radius 1 is 1.20 bits per heavy atom. The van der Waals surface area contributed by atoms with Gasteiger partial charge in [-0.3, -0.25) is 9.48 Å². The van der Waals surface area contributed by atoms with Crippen LogP contribution in [0.5, 0.6) is 0 Å². The molecule has 1 N–H and O–H groups in total. The monoisotopic (exact) mass is 402 g/mol. The van der Waals surface area contributed by atoms with E-state index in [1.165, 1.54) is 6.07 Å². The third kappa shape index (κ3) is 3.18. The molecule has 1 aliphatic heterocycles. The lowest BCUT2D eigenvalue weighted by atomic mass is 9.91. The molecular weight excluding hydrogens is 379 g/mol. The maximum Gasteiger partial charge on any atom is 0.225 e. The van der Waals surface area contributed by atoms with Crippen LogP contribution in [0.25, 0.3) is 10.9 Å². The minimum Gasteiger partial charge on any atom is -0.343 e. The van der Waals surface area contributed by atoms with E-state index in [4.69, 9.17) is 0 Å². The summed E-state index contributed by atoms with van der Waals surface area (Å²) < 4.78 is 17.8. The van der Waals surface area contributed by atoms with Crippen LogP contribution in [-0.2, 0) is 11.3 Å². The summed E-state index contributed by atoms with van der Waals surface area (Å²) in [6, 6.07) is 12.9. The summed E-state index contributed by atoms with van der Waals surface area (Å²) in [4.78, 5) is 12.6. The normalized spacial score (nSPS) is 16.1. The van der Waals surface area contributed by atoms with Gasteiger partial charge in [-0.2, -0.15) is 5.10 Å². The Balaban J connectivity index is 1.66. The van der Waals surface area contributed by atoms with E-state index in [1.54, 1.807) is 12.1 Å². The van der Waals surface area contributed by atoms with Crippen LogP contribution in [0, 0.1) is 5.82 Å². The highest BCUT2D eigenvalue weighted by atomic mass is 19.1. The largest absolute Gasteiger partial charge is 0.343 e. The van der Waals surface area contributed by atoms with E-state index in [0.29, 0.717) is 13.0 Å². The minimum atomic E-state index is -0.239. The first-order valence-corrected chi connectivity index (χ1v) is 10.2. The molecule has 0 saturated heterocycles. The predicted octanol–water partition coefficient (Wildman–Crippen LogP) is 5.08. The van der Waals surface area contributed by atoms with Crippen molar-refractivity contribution < 1.29 is 9.18 Å². The molecule has 1 atom stereocenters. The second-order valence-electron chi connectivity index (χ2n) is 8.19. The molecule has 1 aliphatic rings. The van der Waals surface area contributed by atoms with Gasteiger partial charge in [-0.05, 0) is 54.8 Å². The second-order valence-corrected chi connectivity index (χ2v) is 8.19. The van der Waals surface area contributed by atoms with Gasteiger partial charge in [0.15, 0.2) is 0 Å². The van der Waals surface area contributed by atoms with Crippen molar-refractivity contribution in [1.82, 2.24) is 14.3 Å². The molecule has 1 amide bonds. The number of anilines is 1. The van der Waals surface area contributed by atoms with Gasteiger partial charge in [0.2, 0.25) is 5.91 Å². The van der Waals surface area contributed by atoms with Gasteiger partial charge in [-0.1, -0.05) is 18.2 Å². The van der Waals surface area contributed by atoms with Crippen LogP contribution < -0.4 is 5.32 Å². The fourth-order valence-corrected chi connectivity index (χ4v) is 4.33. The van der Waals surface area contributed by atoms with Crippen LogP contribution in [-0.4, -0.2) is 20.3 Å². The van der Waals surface area contributed by atoms with Crippen LogP contribution in [0.15, 0.2) is 61.1 Å². The lowest BCUT2D eigenvalue weighted by Crippen LogP contribution is -2.13. The molecule has 152 valence electrons. The molecule has 30 heavy (non-hydrogen) atoms. The number of carbonyl (C=O) groups excluding carboxylic acids is 1. The first kappa shape index (κ1) is 18.6. The number of halogens is 1. The van der Waals surface area contributed by atoms with Crippen LogP contribution in [0.2, 0.25) is 0 Å². The molecule has 0 radical (unpaired) electrons. The van der Waals surface area contributed by atoms with E-state index >= 15 is 0 Å². The van der Waals surface area contributed by atoms with Gasteiger partial charge in [0.1, 0.15) is 5.82 Å². The molecule has 2 aromatic heterocycles. The quantitative estimate of drug-likeness (QED) is 0.518. The van der Waals surface area contributed by atoms with Crippen molar-refractivity contribution in [3.05, 3.63) is 83.6 Å². The summed E-state index contributed by atoms with van der Waals surface area (Å²) in [6.07, 6.45) is 6.36. The van der Waals surface area contributed by atoms with E-state index < -0.39 is 0 Å². The molecule has 0 unspecified atom stereocenters. The number of aromatic nitrogens is 3. The van der Waals surface area contributed by atoms with E-state index in [2.05, 4.69) is 35.0 Å². The number of carbonyl (C=O) groups is 1. The predicted molar refractivity (Wildman–Crippen MR) is 115 cm³/mol. The molecule has 5 nitrogen and oxygen atoms in total. The van der Waals surface area contributed by atoms with Crippen molar-refractivity contribution in [2.24, 2.45) is 0 Å². The molecule has 0 aliphatic carbocycles. The Hall–Kier alpha value is -3.41. The Labute approximate surface area is 174 Å². The van der Waals surface area contributed by atoms with Gasteiger partial charge < -0.3 is 9.88 Å². The highest BCUT2D eigenvalue weighted by Crippen LogP contribution is 2.41. The molecule has 0 bridgehead atoms. The number of nitrogens with one attached hydrogen (secondary N) is 1. The summed E-state index contributed by atoms with van der Waals surface area (Å²) in [5.41, 5.74) is 4.87. The lowest BCUT2D eigenvalue weighted by Gasteiger charge is -2.12. The summed E-state index contributed by atoms with van der Waals surface area (Å²) in [5.74, 6) is -0.327. The fraction of sp³-hybridized carbons (Fsp3) is 0.250. The number of hydrogen-bond donors (Lipinski definition) is 1. The highest BCUT2D eigenvalue weighted by molar-refractivity contribution is 6.06. The Morgan fingerprint density at radius 2 is 2.03 bits per heavy atom. The summed E-state index contributed by atoms with van der Waals surface area (Å²) in [6.45, 7) is 4.72. The zero-order valence-corrected chi connectivity index (χ0v) is 17.0. The molecule has 0 fully saturated rings. The van der Waals surface area contributed by atoms with Crippen LogP contribution in [0.4, 0.5) is 10.1 Å². The third-order valence-electron chi connectivity index (χ3n) is 5.77. The first-order chi connectivity index (χ1) is 14.5. The first-order valence-electron chi connectivity index (χ1n) is 10.2. The number of nitrogens with zero attached hydrogens (tertiary/aromatic N) is 3. The number of benzene rings is 2. The van der Waals surface area contributed by atoms with Crippen LogP contribution >= 0.6 is 0 Å². The second kappa shape index (κ2) is 7.13. The van der Waals surface area contributed by atoms with Crippen molar-refractivity contribution >= 4 is 22.5 Å². The van der Waals surface area contributed by atoms with E-state index in [0.717, 1.165) is 33.3 Å². The zero-order chi connectivity index (χ0) is 20.8. The SMILES string of the molecule is CC(C)n1cc([C@H]2CC(=O)Nc3cccc4c3c2cn4Cc2cccc(F)c2)cn1. The Morgan fingerprint density at radius 3 is 2.80 bits per heavy atom. The standard InChI is InChI=1S/C24H23FN4O/c1-15(2)29-13-17(11-26-29)19-10-23(30)27-21-7-4-8-22-24(21)20(19)14-28(22)12-16-5-3-6-18(25)9-16/h3-9,11,13-15,19H,10,12H2,1-2H3,(H,27,30)/t19-/m1/s1. The lowest BCUT2D eigenvalue weighted by molar-refractivity contribution is -0.116. The molecule has 0 spiro atoms. The highest BCUT2D eigenvalue weighted by Gasteiger charge is 2.28. The average Bonchev–Trinajstić information content (AvgIpc) is 3.29. The van der Waals surface area contributed by atoms with Crippen LogP contribution in [0.1, 0.15) is 48.9 Å². The summed E-state index contributed by atoms with van der Waals surface area (Å²) >= 11 is 0. The summed E-state index contributed by atoms with van der Waals surface area (Å²) in [5, 5.41) is 8.59. The van der Waals surface area contributed by atoms with Crippen molar-refractivity contribution in [3.8, 4) is 0 Å². The molecule has 5 rings (SSSR count). The maximum atomic E-state index is 13.7. The van der Waals surface area contributed by atoms with Gasteiger partial charge in [0.05, 0.1) is 17.4 Å².